The van der Waals surface area contributed by atoms with Crippen molar-refractivity contribution in [2.24, 2.45) is 5.92 Å². The SMILES string of the molecule is C=C(/C=C\C(C)=C=CCC)OC(=O)C1CCC(OC(O)C/C=C\C(C)=C/CC)CC1. The van der Waals surface area contributed by atoms with Gasteiger partial charge in [-0.3, -0.25) is 4.79 Å². The van der Waals surface area contributed by atoms with Crippen molar-refractivity contribution in [1.29, 1.82) is 0 Å². The number of allylic oxidation sites excluding steroid dienone is 6. The molecule has 0 heterocycles. The van der Waals surface area contributed by atoms with E-state index in [0.29, 0.717) is 25.0 Å². The third-order valence-electron chi connectivity index (χ3n) is 4.89. The average molecular weight is 415 g/mol. The highest BCUT2D eigenvalue weighted by Crippen LogP contribution is 2.28. The van der Waals surface area contributed by atoms with Crippen molar-refractivity contribution in [2.75, 3.05) is 0 Å². The first kappa shape index (κ1) is 25.9. The van der Waals surface area contributed by atoms with Crippen LogP contribution in [-0.4, -0.2) is 23.5 Å². The quantitative estimate of drug-likeness (QED) is 0.142. The molecule has 30 heavy (non-hydrogen) atoms. The highest BCUT2D eigenvalue weighted by Gasteiger charge is 2.29. The minimum absolute atomic E-state index is 0.0223. The Morgan fingerprint density at radius 3 is 2.47 bits per heavy atom. The van der Waals surface area contributed by atoms with E-state index in [1.165, 1.54) is 5.57 Å². The summed E-state index contributed by atoms with van der Waals surface area (Å²) in [5.41, 5.74) is 5.27. The van der Waals surface area contributed by atoms with Gasteiger partial charge in [-0.15, -0.1) is 5.73 Å². The molecule has 1 rings (SSSR count). The van der Waals surface area contributed by atoms with Crippen molar-refractivity contribution in [2.45, 2.75) is 85.0 Å². The van der Waals surface area contributed by atoms with Crippen LogP contribution < -0.4 is 0 Å². The van der Waals surface area contributed by atoms with E-state index >= 15 is 0 Å². The van der Waals surface area contributed by atoms with Gasteiger partial charge in [-0.05, 0) is 76.2 Å². The normalized spacial score (nSPS) is 20.8. The van der Waals surface area contributed by atoms with Gasteiger partial charge in [0.25, 0.3) is 0 Å². The lowest BCUT2D eigenvalue weighted by Gasteiger charge is -2.28. The van der Waals surface area contributed by atoms with Crippen molar-refractivity contribution < 1.29 is 19.4 Å². The van der Waals surface area contributed by atoms with E-state index in [1.54, 1.807) is 6.08 Å². The zero-order valence-electron chi connectivity index (χ0n) is 19.0. The van der Waals surface area contributed by atoms with Crippen molar-refractivity contribution >= 4 is 5.97 Å². The summed E-state index contributed by atoms with van der Waals surface area (Å²) in [7, 11) is 0. The lowest BCUT2D eigenvalue weighted by atomic mass is 9.87. The van der Waals surface area contributed by atoms with E-state index in [4.69, 9.17) is 9.47 Å². The molecule has 0 radical (unpaired) electrons. The molecule has 0 saturated heterocycles. The van der Waals surface area contributed by atoms with E-state index < -0.39 is 6.29 Å². The van der Waals surface area contributed by atoms with Gasteiger partial charge in [0.1, 0.15) is 5.76 Å². The van der Waals surface area contributed by atoms with Gasteiger partial charge in [0.2, 0.25) is 0 Å². The van der Waals surface area contributed by atoms with Gasteiger partial charge in [0.15, 0.2) is 6.29 Å². The highest BCUT2D eigenvalue weighted by molar-refractivity contribution is 5.73. The van der Waals surface area contributed by atoms with Gasteiger partial charge in [-0.25, -0.2) is 0 Å². The number of carbonyl (C=O) groups excluding carboxylic acids is 1. The second-order valence-electron chi connectivity index (χ2n) is 7.72. The molecule has 1 aliphatic rings. The van der Waals surface area contributed by atoms with Gasteiger partial charge >= 0.3 is 5.97 Å². The van der Waals surface area contributed by atoms with Crippen LogP contribution in [0.4, 0.5) is 0 Å². The van der Waals surface area contributed by atoms with Crippen LogP contribution in [0, 0.1) is 5.92 Å². The first-order valence-corrected chi connectivity index (χ1v) is 11.0. The number of carbonyl (C=O) groups is 1. The van der Waals surface area contributed by atoms with E-state index in [2.05, 4.69) is 32.2 Å². The molecule has 0 bridgehead atoms. The fourth-order valence-electron chi connectivity index (χ4n) is 3.25. The predicted molar refractivity (Wildman–Crippen MR) is 123 cm³/mol. The minimum Gasteiger partial charge on any atom is -0.427 e. The van der Waals surface area contributed by atoms with Gasteiger partial charge in [0, 0.05) is 6.42 Å². The van der Waals surface area contributed by atoms with Crippen LogP contribution in [0.1, 0.15) is 72.6 Å². The Morgan fingerprint density at radius 1 is 1.13 bits per heavy atom. The second-order valence-corrected chi connectivity index (χ2v) is 7.72. The Labute approximate surface area is 182 Å². The Kier molecular flexibility index (Phi) is 12.8. The zero-order chi connectivity index (χ0) is 22.4. The highest BCUT2D eigenvalue weighted by atomic mass is 16.6. The summed E-state index contributed by atoms with van der Waals surface area (Å²) in [6, 6.07) is 0. The first-order chi connectivity index (χ1) is 14.3. The molecule has 1 saturated carbocycles. The maximum absolute atomic E-state index is 12.4. The van der Waals surface area contributed by atoms with Crippen LogP contribution in [-0.2, 0) is 14.3 Å². The number of rotatable bonds is 11. The van der Waals surface area contributed by atoms with Crippen LogP contribution >= 0.6 is 0 Å². The summed E-state index contributed by atoms with van der Waals surface area (Å²) in [5.74, 6) is -0.0494. The van der Waals surface area contributed by atoms with Crippen LogP contribution in [0.5, 0.6) is 0 Å². The summed E-state index contributed by atoms with van der Waals surface area (Å²) in [4.78, 5) is 12.4. The third-order valence-corrected chi connectivity index (χ3v) is 4.89. The fourth-order valence-corrected chi connectivity index (χ4v) is 3.25. The Morgan fingerprint density at radius 2 is 1.83 bits per heavy atom. The van der Waals surface area contributed by atoms with E-state index in [1.807, 2.05) is 38.2 Å². The molecule has 4 heteroatoms. The molecule has 1 aliphatic carbocycles. The van der Waals surface area contributed by atoms with Gasteiger partial charge in [-0.2, -0.15) is 0 Å². The molecule has 1 N–H and O–H groups in total. The molecule has 1 unspecified atom stereocenters. The topological polar surface area (TPSA) is 55.8 Å². The van der Waals surface area contributed by atoms with Crippen molar-refractivity contribution in [1.82, 2.24) is 0 Å². The summed E-state index contributed by atoms with van der Waals surface area (Å²) < 4.78 is 11.1. The minimum atomic E-state index is -0.813. The number of hydrogen-bond donors (Lipinski definition) is 1. The van der Waals surface area contributed by atoms with Crippen LogP contribution in [0.15, 0.2) is 65.7 Å². The number of aliphatic hydroxyl groups is 1. The standard InChI is InChI=1S/C26H38O4/c1-6-8-11-21(4)14-15-22(5)29-26(28)23-16-18-24(19-17-23)30-25(27)13-9-12-20(3)10-7-2/h8-10,12,14-15,23-25,27H,5-7,13,16-19H2,1-4H3/b12-9-,15-14-,20-10-. The monoisotopic (exact) mass is 414 g/mol. The number of hydrogen-bond acceptors (Lipinski definition) is 4. The molecule has 0 aromatic rings. The summed E-state index contributed by atoms with van der Waals surface area (Å²) in [5, 5.41) is 10.1. The molecule has 166 valence electrons. The smallest absolute Gasteiger partial charge is 0.314 e. The van der Waals surface area contributed by atoms with Gasteiger partial charge in [0.05, 0.1) is 12.0 Å². The molecule has 0 amide bonds. The summed E-state index contributed by atoms with van der Waals surface area (Å²) in [6.07, 6.45) is 16.0. The van der Waals surface area contributed by atoms with Crippen molar-refractivity contribution in [3.8, 4) is 0 Å². The van der Waals surface area contributed by atoms with E-state index in [0.717, 1.165) is 31.3 Å². The number of esters is 1. The molecule has 4 nitrogen and oxygen atoms in total. The van der Waals surface area contributed by atoms with Gasteiger partial charge < -0.3 is 14.6 Å². The first-order valence-electron chi connectivity index (χ1n) is 11.0. The maximum atomic E-state index is 12.4. The van der Waals surface area contributed by atoms with Crippen molar-refractivity contribution in [3.05, 3.63) is 65.7 Å². The van der Waals surface area contributed by atoms with Crippen molar-refractivity contribution in [3.63, 3.8) is 0 Å². The van der Waals surface area contributed by atoms with E-state index in [9.17, 15) is 9.90 Å². The van der Waals surface area contributed by atoms with Crippen LogP contribution in [0.2, 0.25) is 0 Å². The zero-order valence-corrected chi connectivity index (χ0v) is 19.0. The Hall–Kier alpha value is -2.13. The molecular formula is C26H38O4. The number of aliphatic hydroxyl groups excluding tert-OH is 1. The summed E-state index contributed by atoms with van der Waals surface area (Å²) in [6.45, 7) is 11.9. The lowest BCUT2D eigenvalue weighted by Crippen LogP contribution is -2.30. The lowest BCUT2D eigenvalue weighted by molar-refractivity contribution is -0.154. The molecule has 1 atom stereocenters. The van der Waals surface area contributed by atoms with Crippen LogP contribution in [0.3, 0.4) is 0 Å². The molecule has 0 aromatic carbocycles. The average Bonchev–Trinajstić information content (AvgIpc) is 2.71. The molecular weight excluding hydrogens is 376 g/mol. The largest absolute Gasteiger partial charge is 0.427 e. The molecule has 0 aromatic heterocycles. The molecule has 0 aliphatic heterocycles. The predicted octanol–water partition coefficient (Wildman–Crippen LogP) is 6.31. The number of ether oxygens (including phenoxy) is 2. The van der Waals surface area contributed by atoms with Crippen LogP contribution in [0.25, 0.3) is 0 Å². The fraction of sp³-hybridized carbons (Fsp3) is 0.538. The summed E-state index contributed by atoms with van der Waals surface area (Å²) >= 11 is 0. The van der Waals surface area contributed by atoms with Gasteiger partial charge in [-0.1, -0.05) is 44.2 Å². The molecule has 0 spiro atoms. The van der Waals surface area contributed by atoms with E-state index in [-0.39, 0.29) is 18.0 Å². The maximum Gasteiger partial charge on any atom is 0.314 e. The third kappa shape index (κ3) is 11.2. The second kappa shape index (κ2) is 14.8. The molecule has 1 fully saturated rings. The Bertz CT molecular complexity index is 697. The Balaban J connectivity index is 2.37.